The topological polar surface area (TPSA) is 109 Å². The van der Waals surface area contributed by atoms with Crippen LogP contribution in [0.15, 0.2) is 36.8 Å². The molecular weight excluding hydrogens is 677 g/mol. The highest BCUT2D eigenvalue weighted by atomic mass is 19.3. The number of ether oxygens (including phenoxy) is 3. The zero-order valence-electron chi connectivity index (χ0n) is 29.6. The van der Waals surface area contributed by atoms with Crippen LogP contribution in [0.4, 0.5) is 19.0 Å². The highest BCUT2D eigenvalue weighted by molar-refractivity contribution is 5.97. The van der Waals surface area contributed by atoms with Crippen molar-refractivity contribution in [2.24, 2.45) is 10.8 Å². The van der Waals surface area contributed by atoms with Gasteiger partial charge in [-0.15, -0.1) is 10.2 Å². The number of hydrogen-bond donors (Lipinski definition) is 0. The first-order valence-corrected chi connectivity index (χ1v) is 18.2. The van der Waals surface area contributed by atoms with Crippen LogP contribution >= 0.6 is 0 Å². The van der Waals surface area contributed by atoms with Crippen molar-refractivity contribution in [2.75, 3.05) is 70.5 Å². The number of carbonyl (C=O) groups excluding carboxylic acids is 1. The molecule has 0 unspecified atom stereocenters. The molecule has 2 spiro atoms. The molecule has 1 amide bonds. The van der Waals surface area contributed by atoms with Crippen molar-refractivity contribution in [1.82, 2.24) is 34.9 Å². The summed E-state index contributed by atoms with van der Waals surface area (Å²) in [5, 5.41) is 8.00. The number of nitrogens with zero attached hydrogens (tertiary/aromatic N) is 8. The zero-order chi connectivity index (χ0) is 36.0. The van der Waals surface area contributed by atoms with Gasteiger partial charge in [0.2, 0.25) is 0 Å². The molecule has 2 aromatic heterocycles. The van der Waals surface area contributed by atoms with Gasteiger partial charge in [0.05, 0.1) is 25.3 Å². The third kappa shape index (κ3) is 7.02. The normalized spacial score (nSPS) is 20.6. The van der Waals surface area contributed by atoms with Crippen LogP contribution in [0.1, 0.15) is 54.7 Å². The molecule has 0 radical (unpaired) electrons. The Bertz CT molecular complexity index is 1770. The van der Waals surface area contributed by atoms with Crippen molar-refractivity contribution in [2.45, 2.75) is 64.6 Å². The number of hydrogen-bond acceptors (Lipinski definition) is 11. The molecular formula is C37H45F3N8O4. The van der Waals surface area contributed by atoms with Crippen LogP contribution < -0.4 is 14.4 Å². The largest absolute Gasteiger partial charge is 0.490 e. The van der Waals surface area contributed by atoms with Crippen LogP contribution in [0.3, 0.4) is 0 Å². The van der Waals surface area contributed by atoms with Crippen molar-refractivity contribution < 1.29 is 32.2 Å². The predicted molar refractivity (Wildman–Crippen MR) is 184 cm³/mol. The van der Waals surface area contributed by atoms with Crippen molar-refractivity contribution >= 4 is 11.7 Å². The summed E-state index contributed by atoms with van der Waals surface area (Å²) in [7, 11) is 0. The summed E-state index contributed by atoms with van der Waals surface area (Å²) in [6.07, 6.45) is 4.40. The fraction of sp³-hybridized carbons (Fsp3) is 0.595. The van der Waals surface area contributed by atoms with E-state index in [1.54, 1.807) is 13.8 Å². The number of rotatable bonds is 13. The Morgan fingerprint density at radius 2 is 1.83 bits per heavy atom. The molecule has 3 aromatic rings. The monoisotopic (exact) mass is 722 g/mol. The number of benzene rings is 1. The van der Waals surface area contributed by atoms with E-state index >= 15 is 0 Å². The Hall–Kier alpha value is -4.08. The summed E-state index contributed by atoms with van der Waals surface area (Å²) < 4.78 is 58.9. The standard InChI is InChI=1S/C37H45F3N8O4/c1-24(2)48(16-32(39)40)35(49)27-12-25(38)4-5-30(27)52-34-33(42-23-43-44-34)47-19-36(20-47)13-26(14-36)51-31-6-8-41-29-7-11-45(15-28(29)31)9-3-10-46-17-37(18-46)21-50-22-37/h4-6,8,12,23-24,26,32H,3,7,9-11,13-22H2,1-2H3. The Morgan fingerprint density at radius 1 is 1.04 bits per heavy atom. The van der Waals surface area contributed by atoms with E-state index in [-0.39, 0.29) is 28.7 Å². The second-order valence-corrected chi connectivity index (χ2v) is 15.6. The third-order valence-electron chi connectivity index (χ3n) is 11.2. The molecule has 1 aromatic carbocycles. The van der Waals surface area contributed by atoms with Crippen molar-refractivity contribution in [3.8, 4) is 17.4 Å². The Labute approximate surface area is 301 Å². The van der Waals surface area contributed by atoms with Crippen LogP contribution in [0.25, 0.3) is 0 Å². The second kappa shape index (κ2) is 14.0. The number of fused-ring (bicyclic) bond motifs is 1. The molecule has 5 aliphatic rings. The zero-order valence-corrected chi connectivity index (χ0v) is 29.6. The molecule has 3 saturated heterocycles. The maximum Gasteiger partial charge on any atom is 0.282 e. The van der Waals surface area contributed by atoms with Gasteiger partial charge in [0.25, 0.3) is 18.2 Å². The van der Waals surface area contributed by atoms with Gasteiger partial charge < -0.3 is 28.9 Å². The number of halogens is 3. The molecule has 0 atom stereocenters. The van der Waals surface area contributed by atoms with Crippen molar-refractivity contribution in [3.63, 3.8) is 0 Å². The molecule has 1 saturated carbocycles. The SMILES string of the molecule is CC(C)N(CC(F)F)C(=O)c1cc(F)ccc1Oc1nncnc1N1CC2(CC(Oc3ccnc4c3CN(CCCN3CC5(COC5)C3)CC4)C2)C1. The number of amides is 1. The molecule has 0 N–H and O–H groups in total. The predicted octanol–water partition coefficient (Wildman–Crippen LogP) is 4.44. The van der Waals surface area contributed by atoms with Crippen LogP contribution in [0.5, 0.6) is 17.4 Å². The van der Waals surface area contributed by atoms with E-state index in [0.717, 1.165) is 93.6 Å². The molecule has 278 valence electrons. The summed E-state index contributed by atoms with van der Waals surface area (Å²) in [6, 6.07) is 4.87. The first kappa shape index (κ1) is 35.0. The number of carbonyl (C=O) groups is 1. The minimum atomic E-state index is -2.75. The van der Waals surface area contributed by atoms with E-state index < -0.39 is 30.7 Å². The fourth-order valence-electron chi connectivity index (χ4n) is 8.50. The summed E-state index contributed by atoms with van der Waals surface area (Å²) in [5.74, 6) is -0.0598. The Kier molecular flexibility index (Phi) is 9.45. The molecule has 8 rings (SSSR count). The van der Waals surface area contributed by atoms with Gasteiger partial charge in [0.15, 0.2) is 5.82 Å². The quantitative estimate of drug-likeness (QED) is 0.250. The smallest absolute Gasteiger partial charge is 0.282 e. The Morgan fingerprint density at radius 3 is 2.56 bits per heavy atom. The van der Waals surface area contributed by atoms with Gasteiger partial charge in [-0.05, 0) is 70.5 Å². The molecule has 15 heteroatoms. The number of anilines is 1. The minimum absolute atomic E-state index is 0.0185. The highest BCUT2D eigenvalue weighted by Gasteiger charge is 2.54. The number of alkyl halides is 2. The first-order chi connectivity index (χ1) is 25.1. The van der Waals surface area contributed by atoms with Gasteiger partial charge in [-0.1, -0.05) is 0 Å². The summed E-state index contributed by atoms with van der Waals surface area (Å²) >= 11 is 0. The van der Waals surface area contributed by atoms with Gasteiger partial charge in [0.1, 0.15) is 29.7 Å². The molecule has 4 fully saturated rings. The third-order valence-corrected chi connectivity index (χ3v) is 11.2. The van der Waals surface area contributed by atoms with E-state index in [2.05, 4.69) is 30.0 Å². The fourth-order valence-corrected chi connectivity index (χ4v) is 8.50. The van der Waals surface area contributed by atoms with Crippen LogP contribution in [-0.4, -0.2) is 125 Å². The molecule has 0 bridgehead atoms. The number of pyridine rings is 1. The average molecular weight is 723 g/mol. The highest BCUT2D eigenvalue weighted by Crippen LogP contribution is 2.52. The van der Waals surface area contributed by atoms with E-state index in [1.807, 2.05) is 17.2 Å². The van der Waals surface area contributed by atoms with Gasteiger partial charge >= 0.3 is 0 Å². The Balaban J connectivity index is 0.860. The van der Waals surface area contributed by atoms with Gasteiger partial charge in [-0.2, -0.15) is 0 Å². The van der Waals surface area contributed by atoms with Crippen LogP contribution in [0, 0.1) is 16.6 Å². The van der Waals surface area contributed by atoms with E-state index in [9.17, 15) is 18.0 Å². The maximum absolute atomic E-state index is 14.3. The minimum Gasteiger partial charge on any atom is -0.490 e. The molecule has 12 nitrogen and oxygen atoms in total. The molecule has 52 heavy (non-hydrogen) atoms. The van der Waals surface area contributed by atoms with Crippen molar-refractivity contribution in [3.05, 3.63) is 59.4 Å². The second-order valence-electron chi connectivity index (χ2n) is 15.6. The van der Waals surface area contributed by atoms with Crippen LogP contribution in [0.2, 0.25) is 0 Å². The van der Waals surface area contributed by atoms with Crippen molar-refractivity contribution in [1.29, 1.82) is 0 Å². The van der Waals surface area contributed by atoms with Crippen LogP contribution in [-0.2, 0) is 17.7 Å². The van der Waals surface area contributed by atoms with E-state index in [4.69, 9.17) is 14.2 Å². The molecule has 4 aliphatic heterocycles. The summed E-state index contributed by atoms with van der Waals surface area (Å²) in [4.78, 5) is 30.5. The van der Waals surface area contributed by atoms with E-state index in [0.29, 0.717) is 24.3 Å². The lowest BCUT2D eigenvalue weighted by Crippen LogP contribution is -2.65. The lowest BCUT2D eigenvalue weighted by molar-refractivity contribution is -0.188. The number of aromatic nitrogens is 4. The van der Waals surface area contributed by atoms with Gasteiger partial charge in [-0.3, -0.25) is 14.7 Å². The first-order valence-electron chi connectivity index (χ1n) is 18.2. The van der Waals surface area contributed by atoms with Gasteiger partial charge in [-0.25, -0.2) is 18.2 Å². The van der Waals surface area contributed by atoms with E-state index in [1.165, 1.54) is 31.0 Å². The lowest BCUT2D eigenvalue weighted by Gasteiger charge is -2.58. The number of likely N-dealkylation sites (tertiary alicyclic amines) is 1. The average Bonchev–Trinajstić information content (AvgIpc) is 3.05. The molecule has 1 aliphatic carbocycles. The van der Waals surface area contributed by atoms with Gasteiger partial charge in [0, 0.05) is 80.0 Å². The summed E-state index contributed by atoms with van der Waals surface area (Å²) in [6.45, 7) is 12.1. The summed E-state index contributed by atoms with van der Waals surface area (Å²) in [5.41, 5.74) is 2.68. The molecule has 6 heterocycles. The maximum atomic E-state index is 14.3. The lowest BCUT2D eigenvalue weighted by atomic mass is 9.61.